The van der Waals surface area contributed by atoms with Crippen molar-refractivity contribution >= 4 is 33.4 Å². The molecule has 0 saturated heterocycles. The Balaban J connectivity index is 2.10. The third kappa shape index (κ3) is 6.81. The van der Waals surface area contributed by atoms with E-state index in [1.165, 1.54) is 22.1 Å². The first-order valence-electron chi connectivity index (χ1n) is 12.4. The second-order valence-corrected chi connectivity index (χ2v) is 11.6. The molecule has 0 aromatic heterocycles. The van der Waals surface area contributed by atoms with Crippen molar-refractivity contribution in [3.8, 4) is 11.5 Å². The lowest BCUT2D eigenvalue weighted by atomic mass is 10.1. The van der Waals surface area contributed by atoms with Crippen LogP contribution >= 0.6 is 11.8 Å². The van der Waals surface area contributed by atoms with E-state index in [1.54, 1.807) is 27.1 Å². The van der Waals surface area contributed by atoms with Crippen molar-refractivity contribution in [2.24, 2.45) is 0 Å². The van der Waals surface area contributed by atoms with E-state index in [-0.39, 0.29) is 23.3 Å². The molecule has 208 valence electrons. The summed E-state index contributed by atoms with van der Waals surface area (Å²) in [7, 11) is -0.703. The van der Waals surface area contributed by atoms with E-state index in [4.69, 9.17) is 9.47 Å². The van der Waals surface area contributed by atoms with Crippen LogP contribution in [0.5, 0.6) is 11.5 Å². The number of benzene rings is 2. The van der Waals surface area contributed by atoms with Gasteiger partial charge in [0.05, 0.1) is 24.3 Å². The Morgan fingerprint density at radius 3 is 2.53 bits per heavy atom. The van der Waals surface area contributed by atoms with Gasteiger partial charge in [0, 0.05) is 32.2 Å². The molecule has 11 heteroatoms. The molecule has 1 atom stereocenters. The number of hydrogen-bond acceptors (Lipinski definition) is 8. The summed E-state index contributed by atoms with van der Waals surface area (Å²) in [6.07, 6.45) is 5.01. The van der Waals surface area contributed by atoms with E-state index in [9.17, 15) is 17.6 Å². The summed E-state index contributed by atoms with van der Waals surface area (Å²) in [5, 5.41) is 0. The van der Waals surface area contributed by atoms with Crippen LogP contribution in [0.15, 0.2) is 58.3 Å². The molecule has 2 aromatic carbocycles. The summed E-state index contributed by atoms with van der Waals surface area (Å²) in [4.78, 5) is 14.4. The third-order valence-corrected chi connectivity index (χ3v) is 9.07. The molecule has 1 aliphatic rings. The molecule has 8 nitrogen and oxygen atoms in total. The number of unbranched alkanes of at least 4 members (excludes halogenated alkanes) is 1. The smallest absolute Gasteiger partial charge is 0.370 e. The van der Waals surface area contributed by atoms with Crippen LogP contribution in [-0.2, 0) is 26.1 Å². The van der Waals surface area contributed by atoms with E-state index in [0.29, 0.717) is 36.4 Å². The van der Waals surface area contributed by atoms with Gasteiger partial charge in [0.1, 0.15) is 22.7 Å². The Morgan fingerprint density at radius 1 is 1.21 bits per heavy atom. The highest BCUT2D eigenvalue weighted by Gasteiger charge is 2.37. The Hall–Kier alpha value is -2.76. The number of thioether (sulfide) groups is 1. The maximum Gasteiger partial charge on any atom is 0.370 e. The molecule has 1 heterocycles. The van der Waals surface area contributed by atoms with Crippen molar-refractivity contribution in [2.75, 3.05) is 38.5 Å². The highest BCUT2D eigenvalue weighted by molar-refractivity contribution is 7.98. The number of hydrogen-bond donors (Lipinski definition) is 0. The lowest BCUT2D eigenvalue weighted by Gasteiger charge is -2.29. The first-order chi connectivity index (χ1) is 18.2. The van der Waals surface area contributed by atoms with Crippen LogP contribution in [0.4, 0.5) is 10.1 Å². The predicted molar refractivity (Wildman–Crippen MR) is 147 cm³/mol. The van der Waals surface area contributed by atoms with Gasteiger partial charge in [-0.3, -0.25) is 0 Å². The summed E-state index contributed by atoms with van der Waals surface area (Å²) in [5.41, 5.74) is 1.54. The molecule has 0 aliphatic carbocycles. The van der Waals surface area contributed by atoms with Crippen LogP contribution in [0.2, 0.25) is 0 Å². The number of methoxy groups -OCH3 is 1. The molecule has 2 aromatic rings. The second kappa shape index (κ2) is 13.3. The summed E-state index contributed by atoms with van der Waals surface area (Å²) >= 11 is 1.33. The molecular weight excluding hydrogens is 531 g/mol. The molecule has 0 saturated carbocycles. The van der Waals surface area contributed by atoms with E-state index in [0.717, 1.165) is 24.2 Å². The Kier molecular flexibility index (Phi) is 10.5. The number of fused-ring (bicyclic) bond motifs is 1. The molecule has 1 aliphatic heterocycles. The lowest BCUT2D eigenvalue weighted by Crippen LogP contribution is -2.41. The summed E-state index contributed by atoms with van der Waals surface area (Å²) in [6.45, 7) is 4.64. The summed E-state index contributed by atoms with van der Waals surface area (Å²) < 4.78 is 58.6. The van der Waals surface area contributed by atoms with Crippen molar-refractivity contribution in [2.45, 2.75) is 55.5 Å². The van der Waals surface area contributed by atoms with Crippen LogP contribution < -0.4 is 14.4 Å². The minimum atomic E-state index is -3.91. The molecule has 0 bridgehead atoms. The number of esters is 1. The average Bonchev–Trinajstić information content (AvgIpc) is 2.99. The molecule has 3 rings (SSSR count). The SMILES string of the molecule is CCCC[C@@H]1CN(Cc2ccc(OC)cc2)c2cc(SC)c(O/C=C(\F)C(=O)OCC)cc2S(=O)(=O)N1C. The van der Waals surface area contributed by atoms with E-state index < -0.39 is 21.8 Å². The molecule has 38 heavy (non-hydrogen) atoms. The monoisotopic (exact) mass is 566 g/mol. The molecule has 0 unspecified atom stereocenters. The van der Waals surface area contributed by atoms with Gasteiger partial charge in [0.15, 0.2) is 0 Å². The molecule has 0 amide bonds. The zero-order valence-corrected chi connectivity index (χ0v) is 24.0. The van der Waals surface area contributed by atoms with Crippen LogP contribution in [0, 0.1) is 0 Å². The van der Waals surface area contributed by atoms with Crippen LogP contribution in [0.25, 0.3) is 0 Å². The van der Waals surface area contributed by atoms with Gasteiger partial charge in [-0.05, 0) is 43.4 Å². The Morgan fingerprint density at radius 2 is 1.92 bits per heavy atom. The molecule has 0 radical (unpaired) electrons. The number of ether oxygens (including phenoxy) is 3. The maximum absolute atomic E-state index is 14.2. The largest absolute Gasteiger partial charge is 0.497 e. The van der Waals surface area contributed by atoms with E-state index in [1.807, 2.05) is 30.5 Å². The Bertz CT molecular complexity index is 1250. The van der Waals surface area contributed by atoms with Gasteiger partial charge in [0.2, 0.25) is 15.9 Å². The van der Waals surface area contributed by atoms with Crippen molar-refractivity contribution < 1.29 is 31.8 Å². The Labute approximate surface area is 228 Å². The second-order valence-electron chi connectivity index (χ2n) is 8.82. The number of halogens is 1. The quantitative estimate of drug-likeness (QED) is 0.155. The minimum absolute atomic E-state index is 0.0167. The highest BCUT2D eigenvalue weighted by Crippen LogP contribution is 2.41. The van der Waals surface area contributed by atoms with Gasteiger partial charge in [-0.1, -0.05) is 31.9 Å². The van der Waals surface area contributed by atoms with Crippen LogP contribution in [0.3, 0.4) is 0 Å². The number of nitrogens with zero attached hydrogens (tertiary/aromatic N) is 2. The standard InChI is InChI=1S/C27H35FN2O6S2/c1-6-8-9-20-17-30(16-19-10-12-21(34-4)13-11-19)23-14-25(37-5)24(15-26(23)38(32,33)29(20)3)36-18-22(28)27(31)35-7-2/h10-15,18,20H,6-9,16-17H2,1-5H3/b22-18-/t20-/m1/s1. The number of rotatable bonds is 11. The summed E-state index contributed by atoms with van der Waals surface area (Å²) in [5.74, 6) is -1.49. The average molecular weight is 567 g/mol. The van der Waals surface area contributed by atoms with Crippen LogP contribution in [0.1, 0.15) is 38.7 Å². The predicted octanol–water partition coefficient (Wildman–Crippen LogP) is 5.37. The number of anilines is 1. The minimum Gasteiger partial charge on any atom is -0.497 e. The van der Waals surface area contributed by atoms with Crippen molar-refractivity contribution in [3.05, 3.63) is 54.1 Å². The maximum atomic E-state index is 14.2. The fraction of sp³-hybridized carbons (Fsp3) is 0.444. The first kappa shape index (κ1) is 29.8. The highest BCUT2D eigenvalue weighted by atomic mass is 32.2. The number of likely N-dealkylation sites (N-methyl/N-ethyl adjacent to an activating group) is 1. The molecule has 0 N–H and O–H groups in total. The first-order valence-corrected chi connectivity index (χ1v) is 15.1. The molecule has 0 fully saturated rings. The zero-order chi connectivity index (χ0) is 27.9. The summed E-state index contributed by atoms with van der Waals surface area (Å²) in [6, 6.07) is 10.6. The normalized spacial score (nSPS) is 17.5. The number of sulfonamides is 1. The van der Waals surface area contributed by atoms with Crippen molar-refractivity contribution in [1.82, 2.24) is 4.31 Å². The fourth-order valence-electron chi connectivity index (χ4n) is 4.23. The van der Waals surface area contributed by atoms with Gasteiger partial charge in [-0.25, -0.2) is 13.2 Å². The lowest BCUT2D eigenvalue weighted by molar-refractivity contribution is -0.140. The van der Waals surface area contributed by atoms with Gasteiger partial charge in [-0.15, -0.1) is 11.8 Å². The fourth-order valence-corrected chi connectivity index (χ4v) is 6.35. The van der Waals surface area contributed by atoms with Crippen LogP contribution in [-0.4, -0.2) is 58.3 Å². The topological polar surface area (TPSA) is 85.4 Å². The third-order valence-electron chi connectivity index (χ3n) is 6.37. The number of carbonyl (C=O) groups excluding carboxylic acids is 1. The van der Waals surface area contributed by atoms with Gasteiger partial charge < -0.3 is 19.1 Å². The van der Waals surface area contributed by atoms with Gasteiger partial charge >= 0.3 is 5.97 Å². The van der Waals surface area contributed by atoms with Crippen molar-refractivity contribution in [1.29, 1.82) is 0 Å². The zero-order valence-electron chi connectivity index (χ0n) is 22.4. The van der Waals surface area contributed by atoms with Crippen molar-refractivity contribution in [3.63, 3.8) is 0 Å². The molecular formula is C27H35FN2O6S2. The van der Waals surface area contributed by atoms with Gasteiger partial charge in [0.25, 0.3) is 0 Å². The van der Waals surface area contributed by atoms with E-state index >= 15 is 0 Å². The van der Waals surface area contributed by atoms with Gasteiger partial charge in [-0.2, -0.15) is 8.70 Å². The van der Waals surface area contributed by atoms with E-state index in [2.05, 4.69) is 16.6 Å². The number of carbonyl (C=O) groups is 1. The molecule has 0 spiro atoms.